The van der Waals surface area contributed by atoms with Crippen molar-refractivity contribution in [3.05, 3.63) is 53.5 Å². The van der Waals surface area contributed by atoms with E-state index in [0.29, 0.717) is 20.8 Å². The summed E-state index contributed by atoms with van der Waals surface area (Å²) in [7, 11) is 0. The molecule has 0 unspecified atom stereocenters. The minimum absolute atomic E-state index is 0.530. The van der Waals surface area contributed by atoms with Crippen LogP contribution >= 0.6 is 11.3 Å². The number of nitrogens with zero attached hydrogens (tertiary/aromatic N) is 2. The predicted octanol–water partition coefficient (Wildman–Crippen LogP) is 3.62. The molecule has 0 amide bonds. The minimum Gasteiger partial charge on any atom is -0.619 e. The van der Waals surface area contributed by atoms with Gasteiger partial charge in [-0.3, -0.25) is 0 Å². The summed E-state index contributed by atoms with van der Waals surface area (Å²) in [6.45, 7) is 0. The van der Waals surface area contributed by atoms with Gasteiger partial charge in [0.25, 0.3) is 0 Å². The SMILES string of the molecule is [O-][n+]1ccc2sc(-c3ccc(C(F)(F)F)cc3)nc2c1. The van der Waals surface area contributed by atoms with Crippen LogP contribution in [0.4, 0.5) is 13.2 Å². The Hall–Kier alpha value is -2.15. The van der Waals surface area contributed by atoms with E-state index in [1.54, 1.807) is 6.07 Å². The summed E-state index contributed by atoms with van der Waals surface area (Å²) >= 11 is 1.33. The van der Waals surface area contributed by atoms with E-state index < -0.39 is 11.7 Å². The van der Waals surface area contributed by atoms with Gasteiger partial charge in [0, 0.05) is 11.6 Å². The van der Waals surface area contributed by atoms with Crippen LogP contribution in [0.25, 0.3) is 20.8 Å². The number of alkyl halides is 3. The smallest absolute Gasteiger partial charge is 0.416 e. The van der Waals surface area contributed by atoms with E-state index >= 15 is 0 Å². The van der Waals surface area contributed by atoms with E-state index in [1.165, 1.54) is 35.9 Å². The third-order valence-corrected chi connectivity index (χ3v) is 3.85. The van der Waals surface area contributed by atoms with Crippen molar-refractivity contribution in [3.63, 3.8) is 0 Å². The van der Waals surface area contributed by atoms with Gasteiger partial charge in [0.15, 0.2) is 6.20 Å². The Kier molecular flexibility index (Phi) is 2.86. The van der Waals surface area contributed by atoms with Gasteiger partial charge in [0.1, 0.15) is 10.5 Å². The van der Waals surface area contributed by atoms with Gasteiger partial charge < -0.3 is 5.21 Å². The standard InChI is InChI=1S/C13H7F3N2OS/c14-13(15,16)9-3-1-8(2-4-9)12-17-10-7-18(19)6-5-11(10)20-12/h1-7H. The number of hydrogen-bond donors (Lipinski definition) is 0. The minimum atomic E-state index is -4.35. The molecule has 1 aromatic carbocycles. The second-order valence-electron chi connectivity index (χ2n) is 4.15. The van der Waals surface area contributed by atoms with E-state index in [2.05, 4.69) is 4.98 Å². The zero-order chi connectivity index (χ0) is 14.3. The fourth-order valence-corrected chi connectivity index (χ4v) is 2.72. The third kappa shape index (κ3) is 2.32. The maximum Gasteiger partial charge on any atom is 0.416 e. The third-order valence-electron chi connectivity index (χ3n) is 2.76. The van der Waals surface area contributed by atoms with Crippen LogP contribution in [0.2, 0.25) is 0 Å². The molecule has 0 atom stereocenters. The highest BCUT2D eigenvalue weighted by Crippen LogP contribution is 2.33. The molecule has 0 fully saturated rings. The van der Waals surface area contributed by atoms with Crippen LogP contribution in [-0.2, 0) is 6.18 Å². The molecule has 0 aliphatic rings. The van der Waals surface area contributed by atoms with Gasteiger partial charge in [-0.2, -0.15) is 17.9 Å². The van der Waals surface area contributed by atoms with Crippen LogP contribution in [0, 0.1) is 5.21 Å². The van der Waals surface area contributed by atoms with Gasteiger partial charge in [-0.25, -0.2) is 4.98 Å². The summed E-state index contributed by atoms with van der Waals surface area (Å²) in [6, 6.07) is 6.44. The Morgan fingerprint density at radius 2 is 1.80 bits per heavy atom. The number of rotatable bonds is 1. The molecule has 102 valence electrons. The van der Waals surface area contributed by atoms with Crippen molar-refractivity contribution >= 4 is 21.6 Å². The first-order valence-corrected chi connectivity index (χ1v) is 6.42. The number of halogens is 3. The highest BCUT2D eigenvalue weighted by atomic mass is 32.1. The molecule has 3 aromatic rings. The number of thiazole rings is 1. The van der Waals surface area contributed by atoms with Crippen molar-refractivity contribution in [1.29, 1.82) is 0 Å². The van der Waals surface area contributed by atoms with Crippen molar-refractivity contribution in [2.75, 3.05) is 0 Å². The molecule has 0 aliphatic carbocycles. The number of aromatic nitrogens is 2. The fourth-order valence-electron chi connectivity index (χ4n) is 1.79. The van der Waals surface area contributed by atoms with Crippen molar-refractivity contribution in [1.82, 2.24) is 4.98 Å². The van der Waals surface area contributed by atoms with Crippen molar-refractivity contribution in [2.24, 2.45) is 0 Å². The molecule has 0 aliphatic heterocycles. The van der Waals surface area contributed by atoms with Crippen LogP contribution in [-0.4, -0.2) is 4.98 Å². The van der Waals surface area contributed by atoms with Gasteiger partial charge in [0.2, 0.25) is 6.20 Å². The lowest BCUT2D eigenvalue weighted by Gasteiger charge is -2.06. The van der Waals surface area contributed by atoms with Crippen molar-refractivity contribution in [2.45, 2.75) is 6.18 Å². The number of benzene rings is 1. The highest BCUT2D eigenvalue weighted by molar-refractivity contribution is 7.21. The highest BCUT2D eigenvalue weighted by Gasteiger charge is 2.30. The second-order valence-corrected chi connectivity index (χ2v) is 5.18. The fraction of sp³-hybridized carbons (Fsp3) is 0.0769. The average molecular weight is 296 g/mol. The number of pyridine rings is 1. The first-order valence-electron chi connectivity index (χ1n) is 5.60. The van der Waals surface area contributed by atoms with Crippen LogP contribution < -0.4 is 4.73 Å². The number of hydrogen-bond acceptors (Lipinski definition) is 3. The zero-order valence-electron chi connectivity index (χ0n) is 9.89. The summed E-state index contributed by atoms with van der Waals surface area (Å²) < 4.78 is 38.9. The maximum absolute atomic E-state index is 12.5. The monoisotopic (exact) mass is 296 g/mol. The molecule has 0 spiro atoms. The van der Waals surface area contributed by atoms with Crippen LogP contribution in [0.1, 0.15) is 5.56 Å². The van der Waals surface area contributed by atoms with Crippen LogP contribution in [0.5, 0.6) is 0 Å². The first kappa shape index (κ1) is 12.9. The van der Waals surface area contributed by atoms with Gasteiger partial charge in [0.05, 0.1) is 10.3 Å². The van der Waals surface area contributed by atoms with E-state index in [9.17, 15) is 18.4 Å². The Morgan fingerprint density at radius 3 is 2.45 bits per heavy atom. The maximum atomic E-state index is 12.5. The lowest BCUT2D eigenvalue weighted by Crippen LogP contribution is -2.23. The molecule has 7 heteroatoms. The summed E-state index contributed by atoms with van der Waals surface area (Å²) in [5, 5.41) is 11.7. The average Bonchev–Trinajstić information content (AvgIpc) is 2.80. The van der Waals surface area contributed by atoms with Gasteiger partial charge in [-0.1, -0.05) is 12.1 Å². The van der Waals surface area contributed by atoms with E-state index in [0.717, 1.165) is 16.8 Å². The molecule has 2 heterocycles. The Balaban J connectivity index is 2.02. The number of fused-ring (bicyclic) bond motifs is 1. The normalized spacial score (nSPS) is 11.9. The first-order chi connectivity index (χ1) is 9.43. The Bertz CT molecular complexity index is 765. The molecule has 3 rings (SSSR count). The molecular weight excluding hydrogens is 289 g/mol. The Labute approximate surface area is 115 Å². The molecule has 0 saturated heterocycles. The second kappa shape index (κ2) is 4.45. The van der Waals surface area contributed by atoms with E-state index in [1.807, 2.05) is 0 Å². The molecular formula is C13H7F3N2OS. The summed E-state index contributed by atoms with van der Waals surface area (Å²) in [6.07, 6.45) is -1.66. The summed E-state index contributed by atoms with van der Waals surface area (Å²) in [5.74, 6) is 0. The van der Waals surface area contributed by atoms with Crippen LogP contribution in [0.15, 0.2) is 42.7 Å². The largest absolute Gasteiger partial charge is 0.619 e. The van der Waals surface area contributed by atoms with E-state index in [4.69, 9.17) is 0 Å². The lowest BCUT2D eigenvalue weighted by atomic mass is 10.1. The molecule has 0 saturated carbocycles. The molecule has 3 nitrogen and oxygen atoms in total. The molecule has 0 N–H and O–H groups in total. The molecule has 0 radical (unpaired) electrons. The quantitative estimate of drug-likeness (QED) is 0.508. The molecule has 0 bridgehead atoms. The lowest BCUT2D eigenvalue weighted by molar-refractivity contribution is -0.603. The predicted molar refractivity (Wildman–Crippen MR) is 69.0 cm³/mol. The topological polar surface area (TPSA) is 39.8 Å². The molecule has 2 aromatic heterocycles. The molecule has 20 heavy (non-hydrogen) atoms. The summed E-state index contributed by atoms with van der Waals surface area (Å²) in [5.41, 5.74) is 0.429. The van der Waals surface area contributed by atoms with Crippen LogP contribution in [0.3, 0.4) is 0 Å². The van der Waals surface area contributed by atoms with E-state index in [-0.39, 0.29) is 0 Å². The van der Waals surface area contributed by atoms with Gasteiger partial charge in [-0.15, -0.1) is 11.3 Å². The Morgan fingerprint density at radius 1 is 1.10 bits per heavy atom. The van der Waals surface area contributed by atoms with Gasteiger partial charge in [-0.05, 0) is 12.1 Å². The zero-order valence-corrected chi connectivity index (χ0v) is 10.7. The van der Waals surface area contributed by atoms with Crippen molar-refractivity contribution in [3.8, 4) is 10.6 Å². The summed E-state index contributed by atoms with van der Waals surface area (Å²) in [4.78, 5) is 4.25. The van der Waals surface area contributed by atoms with Crippen molar-refractivity contribution < 1.29 is 17.9 Å². The van der Waals surface area contributed by atoms with Gasteiger partial charge >= 0.3 is 6.18 Å².